The molecule has 0 fully saturated rings. The summed E-state index contributed by atoms with van der Waals surface area (Å²) >= 11 is 1.30. The zero-order valence-electron chi connectivity index (χ0n) is 15.6. The van der Waals surface area contributed by atoms with Crippen LogP contribution in [0.2, 0.25) is 0 Å². The molecule has 1 unspecified atom stereocenters. The van der Waals surface area contributed by atoms with Crippen molar-refractivity contribution in [2.75, 3.05) is 14.2 Å². The number of furan rings is 1. The monoisotopic (exact) mass is 418 g/mol. The lowest BCUT2D eigenvalue weighted by atomic mass is 10.1. The molecule has 29 heavy (non-hydrogen) atoms. The molecule has 2 heterocycles. The Morgan fingerprint density at radius 3 is 2.62 bits per heavy atom. The van der Waals surface area contributed by atoms with Gasteiger partial charge in [-0.15, -0.1) is 11.3 Å². The molecule has 0 bridgehead atoms. The first-order valence-electron chi connectivity index (χ1n) is 8.43. The summed E-state index contributed by atoms with van der Waals surface area (Å²) in [7, 11) is 2.73. The molecule has 0 saturated carbocycles. The molecule has 3 aromatic rings. The SMILES string of the molecule is COc1cc(C(=O)NCc2ccc(C(O)c3ccco3)s2)c([N+](=O)[O-])cc1OC. The van der Waals surface area contributed by atoms with Crippen LogP contribution >= 0.6 is 11.3 Å². The van der Waals surface area contributed by atoms with Gasteiger partial charge >= 0.3 is 0 Å². The van der Waals surface area contributed by atoms with E-state index >= 15 is 0 Å². The van der Waals surface area contributed by atoms with Gasteiger partial charge in [0, 0.05) is 15.8 Å². The molecule has 0 aliphatic heterocycles. The van der Waals surface area contributed by atoms with Crippen molar-refractivity contribution in [3.8, 4) is 11.5 Å². The zero-order valence-corrected chi connectivity index (χ0v) is 16.4. The highest BCUT2D eigenvalue weighted by molar-refractivity contribution is 7.12. The summed E-state index contributed by atoms with van der Waals surface area (Å²) in [4.78, 5) is 24.7. The first-order valence-corrected chi connectivity index (χ1v) is 9.25. The molecule has 2 aromatic heterocycles. The van der Waals surface area contributed by atoms with Crippen LogP contribution in [0.25, 0.3) is 0 Å². The molecule has 1 amide bonds. The van der Waals surface area contributed by atoms with Gasteiger partial charge in [0.25, 0.3) is 11.6 Å². The van der Waals surface area contributed by atoms with Gasteiger partial charge < -0.3 is 24.3 Å². The van der Waals surface area contributed by atoms with E-state index in [9.17, 15) is 20.0 Å². The standard InChI is InChI=1S/C19H18N2O7S/c1-26-15-8-12(13(21(24)25)9-16(15)27-2)19(23)20-10-11-5-6-17(29-11)18(22)14-4-3-7-28-14/h3-9,18,22H,10H2,1-2H3,(H,20,23). The summed E-state index contributed by atoms with van der Waals surface area (Å²) in [6.45, 7) is 0.139. The van der Waals surface area contributed by atoms with Crippen LogP contribution in [-0.4, -0.2) is 30.2 Å². The number of ether oxygens (including phenoxy) is 2. The summed E-state index contributed by atoms with van der Waals surface area (Å²) in [6.07, 6.45) is 0.579. The molecule has 1 atom stereocenters. The minimum atomic E-state index is -0.897. The number of hydrogen-bond acceptors (Lipinski definition) is 8. The number of hydrogen-bond donors (Lipinski definition) is 2. The van der Waals surface area contributed by atoms with Crippen molar-refractivity contribution in [3.63, 3.8) is 0 Å². The molecule has 1 aromatic carbocycles. The van der Waals surface area contributed by atoms with E-state index in [1.807, 2.05) is 0 Å². The van der Waals surface area contributed by atoms with Crippen LogP contribution in [0.3, 0.4) is 0 Å². The molecule has 0 spiro atoms. The molecular formula is C19H18N2O7S. The number of nitrogens with zero attached hydrogens (tertiary/aromatic N) is 1. The van der Waals surface area contributed by atoms with Gasteiger partial charge in [-0.3, -0.25) is 14.9 Å². The van der Waals surface area contributed by atoms with Crippen LogP contribution in [0.4, 0.5) is 5.69 Å². The van der Waals surface area contributed by atoms with E-state index in [0.717, 1.165) is 10.9 Å². The lowest BCUT2D eigenvalue weighted by Gasteiger charge is -2.10. The van der Waals surface area contributed by atoms with Gasteiger partial charge in [-0.25, -0.2) is 0 Å². The number of nitrogens with one attached hydrogen (secondary N) is 1. The third kappa shape index (κ3) is 4.39. The number of aliphatic hydroxyl groups is 1. The molecule has 0 aliphatic rings. The second-order valence-electron chi connectivity index (χ2n) is 5.89. The minimum Gasteiger partial charge on any atom is -0.493 e. The van der Waals surface area contributed by atoms with Gasteiger partial charge in [-0.1, -0.05) is 0 Å². The lowest BCUT2D eigenvalue weighted by molar-refractivity contribution is -0.385. The van der Waals surface area contributed by atoms with Crippen LogP contribution in [0.1, 0.15) is 32.0 Å². The van der Waals surface area contributed by atoms with E-state index in [1.165, 1.54) is 37.9 Å². The fourth-order valence-corrected chi connectivity index (χ4v) is 3.63. The highest BCUT2D eigenvalue weighted by atomic mass is 32.1. The second kappa shape index (κ2) is 8.76. The van der Waals surface area contributed by atoms with Crippen molar-refractivity contribution >= 4 is 22.9 Å². The smallest absolute Gasteiger partial charge is 0.286 e. The van der Waals surface area contributed by atoms with Crippen LogP contribution in [-0.2, 0) is 6.54 Å². The van der Waals surface area contributed by atoms with Crippen molar-refractivity contribution in [3.05, 3.63) is 73.9 Å². The fourth-order valence-electron chi connectivity index (χ4n) is 2.69. The summed E-state index contributed by atoms with van der Waals surface area (Å²) in [5.41, 5.74) is -0.527. The second-order valence-corrected chi connectivity index (χ2v) is 7.09. The van der Waals surface area contributed by atoms with Crippen LogP contribution in [0.5, 0.6) is 11.5 Å². The van der Waals surface area contributed by atoms with Crippen molar-refractivity contribution in [2.45, 2.75) is 12.6 Å². The normalized spacial score (nSPS) is 11.7. The summed E-state index contributed by atoms with van der Waals surface area (Å²) in [6, 6.07) is 9.27. The Morgan fingerprint density at radius 2 is 2.00 bits per heavy atom. The molecular weight excluding hydrogens is 400 g/mol. The Bertz CT molecular complexity index is 1010. The maximum absolute atomic E-state index is 12.6. The van der Waals surface area contributed by atoms with E-state index in [0.29, 0.717) is 10.6 Å². The lowest BCUT2D eigenvalue weighted by Crippen LogP contribution is -2.23. The van der Waals surface area contributed by atoms with Gasteiger partial charge in [-0.05, 0) is 24.3 Å². The van der Waals surface area contributed by atoms with Crippen molar-refractivity contribution in [1.29, 1.82) is 0 Å². The molecule has 0 aliphatic carbocycles. The summed E-state index contributed by atoms with van der Waals surface area (Å²) < 4.78 is 15.4. The zero-order chi connectivity index (χ0) is 21.0. The first kappa shape index (κ1) is 20.4. The number of benzene rings is 1. The summed E-state index contributed by atoms with van der Waals surface area (Å²) in [5.74, 6) is 0.163. The Labute approximate surface area is 169 Å². The first-order chi connectivity index (χ1) is 13.9. The summed E-state index contributed by atoms with van der Waals surface area (Å²) in [5, 5.41) is 24.3. The van der Waals surface area contributed by atoms with Crippen molar-refractivity contribution in [1.82, 2.24) is 5.32 Å². The topological polar surface area (TPSA) is 124 Å². The number of methoxy groups -OCH3 is 2. The fraction of sp³-hybridized carbons (Fsp3) is 0.211. The highest BCUT2D eigenvalue weighted by Crippen LogP contribution is 2.34. The molecule has 10 heteroatoms. The average molecular weight is 418 g/mol. The predicted molar refractivity (Wildman–Crippen MR) is 104 cm³/mol. The molecule has 9 nitrogen and oxygen atoms in total. The van der Waals surface area contributed by atoms with Gasteiger partial charge in [-0.2, -0.15) is 0 Å². The van der Waals surface area contributed by atoms with Crippen molar-refractivity contribution in [2.24, 2.45) is 0 Å². The molecule has 2 N–H and O–H groups in total. The van der Waals surface area contributed by atoms with Crippen LogP contribution in [0.15, 0.2) is 47.1 Å². The Morgan fingerprint density at radius 1 is 1.28 bits per heavy atom. The van der Waals surface area contributed by atoms with Gasteiger partial charge in [0.2, 0.25) is 0 Å². The average Bonchev–Trinajstić information content (AvgIpc) is 3.42. The number of aliphatic hydroxyl groups excluding tert-OH is 1. The van der Waals surface area contributed by atoms with E-state index in [1.54, 1.807) is 24.3 Å². The highest BCUT2D eigenvalue weighted by Gasteiger charge is 2.24. The maximum Gasteiger partial charge on any atom is 0.286 e. The predicted octanol–water partition coefficient (Wildman–Crippen LogP) is 3.28. The van der Waals surface area contributed by atoms with Gasteiger partial charge in [0.05, 0.1) is 38.0 Å². The van der Waals surface area contributed by atoms with Crippen LogP contribution < -0.4 is 14.8 Å². The van der Waals surface area contributed by atoms with Gasteiger partial charge in [0.1, 0.15) is 17.4 Å². The number of nitro benzene ring substituents is 1. The Hall–Kier alpha value is -3.37. The molecule has 152 valence electrons. The van der Waals surface area contributed by atoms with E-state index < -0.39 is 16.9 Å². The van der Waals surface area contributed by atoms with Crippen LogP contribution in [0, 0.1) is 10.1 Å². The molecule has 0 saturated heterocycles. The van der Waals surface area contributed by atoms with E-state index in [4.69, 9.17) is 13.9 Å². The minimum absolute atomic E-state index is 0.139. The van der Waals surface area contributed by atoms with Crippen molar-refractivity contribution < 1.29 is 28.7 Å². The third-order valence-corrected chi connectivity index (χ3v) is 5.27. The number of nitro groups is 1. The number of rotatable bonds is 8. The number of carbonyl (C=O) groups excluding carboxylic acids is 1. The third-order valence-electron chi connectivity index (χ3n) is 4.13. The number of carbonyl (C=O) groups is 1. The molecule has 3 rings (SSSR count). The maximum atomic E-state index is 12.6. The van der Waals surface area contributed by atoms with E-state index in [-0.39, 0.29) is 29.3 Å². The van der Waals surface area contributed by atoms with Gasteiger partial charge in [0.15, 0.2) is 11.5 Å². The molecule has 0 radical (unpaired) electrons. The Kier molecular flexibility index (Phi) is 6.15. The number of amides is 1. The quantitative estimate of drug-likeness (QED) is 0.425. The number of thiophene rings is 1. The Balaban J connectivity index is 1.75. The largest absolute Gasteiger partial charge is 0.493 e. The van der Waals surface area contributed by atoms with E-state index in [2.05, 4.69) is 5.32 Å².